The number of piperazine rings is 1. The average Bonchev–Trinajstić information content (AvgIpc) is 3.13. The highest BCUT2D eigenvalue weighted by molar-refractivity contribution is 5.93. The fourth-order valence-electron chi connectivity index (χ4n) is 3.95. The third kappa shape index (κ3) is 4.21. The first kappa shape index (κ1) is 20.5. The molecule has 1 saturated heterocycles. The topological polar surface area (TPSA) is 49.9 Å². The molecule has 0 saturated carbocycles. The Morgan fingerprint density at radius 3 is 2.60 bits per heavy atom. The van der Waals surface area contributed by atoms with Crippen molar-refractivity contribution in [3.05, 3.63) is 69.8 Å². The zero-order chi connectivity index (χ0) is 21.3. The molecule has 2 aromatic rings. The van der Waals surface area contributed by atoms with Crippen molar-refractivity contribution in [2.45, 2.75) is 26.4 Å². The number of cyclic esters (lactones) is 1. The van der Waals surface area contributed by atoms with Crippen molar-refractivity contribution in [3.8, 4) is 0 Å². The van der Waals surface area contributed by atoms with Gasteiger partial charge in [-0.05, 0) is 30.5 Å². The molecule has 0 unspecified atom stereocenters. The van der Waals surface area contributed by atoms with Gasteiger partial charge in [0.05, 0.1) is 12.0 Å². The standard InChI is InChI=1S/C23H24F2N2O3/c1-15-2-4-17(22(25)21(15)24)13-20(28)27-10-8-26(9-11-27)7-6-16-3-5-19-18(12-16)14-30-23(19)29/h2-5,12H,6-11,13-14H2,1H3. The molecule has 0 atom stereocenters. The Labute approximate surface area is 174 Å². The molecule has 2 aliphatic heterocycles. The minimum absolute atomic E-state index is 0.101. The zero-order valence-corrected chi connectivity index (χ0v) is 16.9. The van der Waals surface area contributed by atoms with Gasteiger partial charge in [-0.2, -0.15) is 0 Å². The minimum atomic E-state index is -0.927. The largest absolute Gasteiger partial charge is 0.457 e. The van der Waals surface area contributed by atoms with Crippen LogP contribution in [-0.2, 0) is 29.0 Å². The summed E-state index contributed by atoms with van der Waals surface area (Å²) in [6.07, 6.45) is 0.724. The third-order valence-corrected chi connectivity index (χ3v) is 5.89. The summed E-state index contributed by atoms with van der Waals surface area (Å²) in [6.45, 7) is 5.32. The third-order valence-electron chi connectivity index (χ3n) is 5.89. The summed E-state index contributed by atoms with van der Waals surface area (Å²) in [6, 6.07) is 8.79. The highest BCUT2D eigenvalue weighted by atomic mass is 19.2. The second kappa shape index (κ2) is 8.52. The maximum absolute atomic E-state index is 14.0. The number of esters is 1. The number of rotatable bonds is 5. The number of halogens is 2. The zero-order valence-electron chi connectivity index (χ0n) is 16.9. The van der Waals surface area contributed by atoms with Gasteiger partial charge in [0.2, 0.25) is 5.91 Å². The molecule has 0 aliphatic carbocycles. The SMILES string of the molecule is Cc1ccc(CC(=O)N2CCN(CCc3ccc4c(c3)COC4=O)CC2)c(F)c1F. The lowest BCUT2D eigenvalue weighted by molar-refractivity contribution is -0.132. The van der Waals surface area contributed by atoms with E-state index in [9.17, 15) is 18.4 Å². The molecule has 0 spiro atoms. The molecule has 0 radical (unpaired) electrons. The van der Waals surface area contributed by atoms with Gasteiger partial charge < -0.3 is 9.64 Å². The maximum Gasteiger partial charge on any atom is 0.338 e. The smallest absolute Gasteiger partial charge is 0.338 e. The van der Waals surface area contributed by atoms with Crippen molar-refractivity contribution >= 4 is 11.9 Å². The lowest BCUT2D eigenvalue weighted by Gasteiger charge is -2.35. The van der Waals surface area contributed by atoms with E-state index in [4.69, 9.17) is 4.74 Å². The fourth-order valence-corrected chi connectivity index (χ4v) is 3.95. The number of benzene rings is 2. The second-order valence-electron chi connectivity index (χ2n) is 7.89. The number of carbonyl (C=O) groups is 2. The van der Waals surface area contributed by atoms with Crippen LogP contribution in [0, 0.1) is 18.6 Å². The minimum Gasteiger partial charge on any atom is -0.457 e. The second-order valence-corrected chi connectivity index (χ2v) is 7.89. The Kier molecular flexibility index (Phi) is 5.81. The van der Waals surface area contributed by atoms with Crippen molar-refractivity contribution in [2.75, 3.05) is 32.7 Å². The van der Waals surface area contributed by atoms with Gasteiger partial charge in [-0.1, -0.05) is 24.3 Å². The molecular weight excluding hydrogens is 390 g/mol. The number of ether oxygens (including phenoxy) is 1. The van der Waals surface area contributed by atoms with Gasteiger partial charge in [-0.15, -0.1) is 0 Å². The highest BCUT2D eigenvalue weighted by Gasteiger charge is 2.24. The molecule has 158 valence electrons. The molecule has 0 bridgehead atoms. The van der Waals surface area contributed by atoms with Gasteiger partial charge in [0.25, 0.3) is 0 Å². The number of hydrogen-bond acceptors (Lipinski definition) is 4. The first-order chi connectivity index (χ1) is 14.4. The molecular formula is C23H24F2N2O3. The molecule has 5 nitrogen and oxygen atoms in total. The number of carbonyl (C=O) groups excluding carboxylic acids is 2. The van der Waals surface area contributed by atoms with Crippen LogP contribution in [0.15, 0.2) is 30.3 Å². The van der Waals surface area contributed by atoms with E-state index in [-0.39, 0.29) is 29.4 Å². The highest BCUT2D eigenvalue weighted by Crippen LogP contribution is 2.21. The molecule has 0 aromatic heterocycles. The van der Waals surface area contributed by atoms with Crippen LogP contribution in [0.3, 0.4) is 0 Å². The van der Waals surface area contributed by atoms with E-state index in [1.165, 1.54) is 19.1 Å². The summed E-state index contributed by atoms with van der Waals surface area (Å²) >= 11 is 0. The maximum atomic E-state index is 14.0. The van der Waals surface area contributed by atoms with Crippen LogP contribution in [0.25, 0.3) is 0 Å². The first-order valence-corrected chi connectivity index (χ1v) is 10.1. The van der Waals surface area contributed by atoms with Gasteiger partial charge in [-0.25, -0.2) is 13.6 Å². The van der Waals surface area contributed by atoms with Crippen LogP contribution in [0.2, 0.25) is 0 Å². The molecule has 7 heteroatoms. The normalized spacial score (nSPS) is 16.5. The molecule has 2 aromatic carbocycles. The van der Waals surface area contributed by atoms with E-state index < -0.39 is 11.6 Å². The van der Waals surface area contributed by atoms with E-state index >= 15 is 0 Å². The summed E-state index contributed by atoms with van der Waals surface area (Å²) in [5, 5.41) is 0. The number of aryl methyl sites for hydroxylation is 1. The predicted octanol–water partition coefficient (Wildman–Crippen LogP) is 2.87. The van der Waals surface area contributed by atoms with E-state index in [2.05, 4.69) is 4.90 Å². The summed E-state index contributed by atoms with van der Waals surface area (Å²) in [5.41, 5.74) is 3.08. The fraction of sp³-hybridized carbons (Fsp3) is 0.391. The lowest BCUT2D eigenvalue weighted by atomic mass is 10.0. The molecule has 2 aliphatic rings. The predicted molar refractivity (Wildman–Crippen MR) is 107 cm³/mol. The first-order valence-electron chi connectivity index (χ1n) is 10.1. The van der Waals surface area contributed by atoms with E-state index in [1.807, 2.05) is 18.2 Å². The van der Waals surface area contributed by atoms with Crippen molar-refractivity contribution < 1.29 is 23.1 Å². The van der Waals surface area contributed by atoms with E-state index in [0.29, 0.717) is 25.3 Å². The lowest BCUT2D eigenvalue weighted by Crippen LogP contribution is -2.49. The number of fused-ring (bicyclic) bond motifs is 1. The van der Waals surface area contributed by atoms with Crippen LogP contribution in [0.1, 0.15) is 32.6 Å². The van der Waals surface area contributed by atoms with E-state index in [0.717, 1.165) is 37.2 Å². The summed E-state index contributed by atoms with van der Waals surface area (Å²) in [4.78, 5) is 28.0. The summed E-state index contributed by atoms with van der Waals surface area (Å²) < 4.78 is 32.8. The van der Waals surface area contributed by atoms with Crippen molar-refractivity contribution in [2.24, 2.45) is 0 Å². The van der Waals surface area contributed by atoms with Gasteiger partial charge in [0, 0.05) is 43.9 Å². The summed E-state index contributed by atoms with van der Waals surface area (Å²) in [7, 11) is 0. The Hall–Kier alpha value is -2.80. The van der Waals surface area contributed by atoms with Crippen LogP contribution in [0.5, 0.6) is 0 Å². The van der Waals surface area contributed by atoms with Crippen LogP contribution in [0.4, 0.5) is 8.78 Å². The van der Waals surface area contributed by atoms with Crippen molar-refractivity contribution in [1.29, 1.82) is 0 Å². The summed E-state index contributed by atoms with van der Waals surface area (Å²) in [5.74, 6) is -2.25. The Bertz CT molecular complexity index is 985. The number of nitrogens with zero attached hydrogens (tertiary/aromatic N) is 2. The van der Waals surface area contributed by atoms with Gasteiger partial charge in [-0.3, -0.25) is 9.69 Å². The Morgan fingerprint density at radius 1 is 1.07 bits per heavy atom. The number of hydrogen-bond donors (Lipinski definition) is 0. The van der Waals surface area contributed by atoms with Crippen LogP contribution < -0.4 is 0 Å². The van der Waals surface area contributed by atoms with Gasteiger partial charge in [0.15, 0.2) is 11.6 Å². The quantitative estimate of drug-likeness (QED) is 0.706. The molecule has 2 heterocycles. The van der Waals surface area contributed by atoms with Gasteiger partial charge >= 0.3 is 5.97 Å². The van der Waals surface area contributed by atoms with Gasteiger partial charge in [0.1, 0.15) is 6.61 Å². The van der Waals surface area contributed by atoms with Crippen LogP contribution >= 0.6 is 0 Å². The molecule has 4 rings (SSSR count). The average molecular weight is 414 g/mol. The molecule has 1 fully saturated rings. The Balaban J connectivity index is 1.26. The number of amides is 1. The molecule has 1 amide bonds. The van der Waals surface area contributed by atoms with E-state index in [1.54, 1.807) is 4.90 Å². The monoisotopic (exact) mass is 414 g/mol. The molecule has 0 N–H and O–H groups in total. The molecule has 30 heavy (non-hydrogen) atoms. The van der Waals surface area contributed by atoms with Crippen molar-refractivity contribution in [1.82, 2.24) is 9.80 Å². The van der Waals surface area contributed by atoms with Crippen LogP contribution in [-0.4, -0.2) is 54.4 Å². The Morgan fingerprint density at radius 2 is 1.83 bits per heavy atom. The van der Waals surface area contributed by atoms with Crippen molar-refractivity contribution in [3.63, 3.8) is 0 Å².